The molecule has 0 unspecified atom stereocenters. The van der Waals surface area contributed by atoms with Crippen LogP contribution >= 0.6 is 27.5 Å². The zero-order valence-corrected chi connectivity index (χ0v) is 12.2. The molecule has 0 aliphatic heterocycles. The third-order valence-electron chi connectivity index (χ3n) is 2.66. The van der Waals surface area contributed by atoms with Gasteiger partial charge in [0.2, 0.25) is 0 Å². The minimum atomic E-state index is 0.483. The van der Waals surface area contributed by atoms with Crippen molar-refractivity contribution in [1.29, 1.82) is 0 Å². The molecule has 0 spiro atoms. The van der Waals surface area contributed by atoms with E-state index >= 15 is 0 Å². The molecule has 0 bridgehead atoms. The molecule has 0 aliphatic rings. The summed E-state index contributed by atoms with van der Waals surface area (Å²) in [5.41, 5.74) is 2.33. The van der Waals surface area contributed by atoms with Crippen molar-refractivity contribution in [2.24, 2.45) is 0 Å². The molecule has 0 saturated heterocycles. The predicted molar refractivity (Wildman–Crippen MR) is 79.3 cm³/mol. The molecule has 0 aliphatic carbocycles. The maximum atomic E-state index is 5.85. The fourth-order valence-electron chi connectivity index (χ4n) is 1.67. The zero-order valence-electron chi connectivity index (χ0n) is 9.90. The Morgan fingerprint density at radius 3 is 2.56 bits per heavy atom. The van der Waals surface area contributed by atoms with Crippen molar-refractivity contribution in [3.05, 3.63) is 64.1 Å². The Labute approximate surface area is 121 Å². The Kier molecular flexibility index (Phi) is 5.09. The Morgan fingerprint density at radius 2 is 1.83 bits per heavy atom. The van der Waals surface area contributed by atoms with Crippen LogP contribution < -0.4 is 4.74 Å². The van der Waals surface area contributed by atoms with Crippen molar-refractivity contribution < 1.29 is 4.74 Å². The van der Waals surface area contributed by atoms with Gasteiger partial charge < -0.3 is 4.74 Å². The van der Waals surface area contributed by atoms with Crippen LogP contribution in [0.5, 0.6) is 5.75 Å². The molecule has 0 aromatic heterocycles. The van der Waals surface area contributed by atoms with Gasteiger partial charge in [0, 0.05) is 16.8 Å². The van der Waals surface area contributed by atoms with Crippen LogP contribution in [-0.4, -0.2) is 6.61 Å². The molecule has 0 fully saturated rings. The lowest BCUT2D eigenvalue weighted by molar-refractivity contribution is 0.321. The van der Waals surface area contributed by atoms with Gasteiger partial charge in [0.25, 0.3) is 0 Å². The smallest absolute Gasteiger partial charge is 0.119 e. The van der Waals surface area contributed by atoms with E-state index in [0.717, 1.165) is 22.2 Å². The standard InChI is InChI=1S/C15H14BrClO/c16-15-7-6-14(10-13(15)11-17)18-9-8-12-4-2-1-3-5-12/h1-7,10H,8-9,11H2. The van der Waals surface area contributed by atoms with Crippen LogP contribution in [0.25, 0.3) is 0 Å². The number of alkyl halides is 1. The highest BCUT2D eigenvalue weighted by Gasteiger charge is 2.01. The van der Waals surface area contributed by atoms with E-state index in [4.69, 9.17) is 16.3 Å². The summed E-state index contributed by atoms with van der Waals surface area (Å²) in [6.07, 6.45) is 0.910. The number of ether oxygens (including phenoxy) is 1. The molecule has 94 valence electrons. The minimum Gasteiger partial charge on any atom is -0.493 e. The predicted octanol–water partition coefficient (Wildman–Crippen LogP) is 4.81. The van der Waals surface area contributed by atoms with E-state index in [2.05, 4.69) is 28.1 Å². The number of hydrogen-bond acceptors (Lipinski definition) is 1. The summed E-state index contributed by atoms with van der Waals surface area (Å²) in [5, 5.41) is 0. The van der Waals surface area contributed by atoms with Gasteiger partial charge in [-0.05, 0) is 29.3 Å². The number of halogens is 2. The van der Waals surface area contributed by atoms with E-state index in [1.165, 1.54) is 5.56 Å². The molecule has 2 rings (SSSR count). The van der Waals surface area contributed by atoms with E-state index in [-0.39, 0.29) is 0 Å². The van der Waals surface area contributed by atoms with Gasteiger partial charge in [-0.15, -0.1) is 11.6 Å². The van der Waals surface area contributed by atoms with Crippen molar-refractivity contribution in [3.63, 3.8) is 0 Å². The zero-order chi connectivity index (χ0) is 12.8. The van der Waals surface area contributed by atoms with Crippen LogP contribution in [0.1, 0.15) is 11.1 Å². The molecule has 18 heavy (non-hydrogen) atoms. The number of rotatable bonds is 5. The van der Waals surface area contributed by atoms with Gasteiger partial charge in [-0.2, -0.15) is 0 Å². The highest BCUT2D eigenvalue weighted by Crippen LogP contribution is 2.24. The van der Waals surface area contributed by atoms with Crippen molar-refractivity contribution >= 4 is 27.5 Å². The molecule has 2 aromatic rings. The minimum absolute atomic E-state index is 0.483. The highest BCUT2D eigenvalue weighted by molar-refractivity contribution is 9.10. The van der Waals surface area contributed by atoms with E-state index in [1.54, 1.807) is 0 Å². The molecular formula is C15H14BrClO. The molecule has 0 saturated carbocycles. The summed E-state index contributed by atoms with van der Waals surface area (Å²) in [6.45, 7) is 0.674. The lowest BCUT2D eigenvalue weighted by Crippen LogP contribution is -2.01. The Bertz CT molecular complexity index is 499. The van der Waals surface area contributed by atoms with Crippen LogP contribution in [0.15, 0.2) is 53.0 Å². The second kappa shape index (κ2) is 6.81. The second-order valence-corrected chi connectivity index (χ2v) is 5.09. The van der Waals surface area contributed by atoms with Gasteiger partial charge in [-0.25, -0.2) is 0 Å². The van der Waals surface area contributed by atoms with E-state index in [0.29, 0.717) is 12.5 Å². The summed E-state index contributed by atoms with van der Waals surface area (Å²) >= 11 is 9.30. The first-order valence-electron chi connectivity index (χ1n) is 5.80. The topological polar surface area (TPSA) is 9.23 Å². The van der Waals surface area contributed by atoms with Crippen molar-refractivity contribution in [2.45, 2.75) is 12.3 Å². The van der Waals surface area contributed by atoms with Crippen LogP contribution in [0, 0.1) is 0 Å². The number of benzene rings is 2. The largest absolute Gasteiger partial charge is 0.493 e. The first-order valence-corrected chi connectivity index (χ1v) is 7.13. The average Bonchev–Trinajstić information content (AvgIpc) is 2.42. The highest BCUT2D eigenvalue weighted by atomic mass is 79.9. The lowest BCUT2D eigenvalue weighted by Gasteiger charge is -2.08. The fourth-order valence-corrected chi connectivity index (χ4v) is 2.44. The first kappa shape index (κ1) is 13.4. The van der Waals surface area contributed by atoms with Gasteiger partial charge in [0.15, 0.2) is 0 Å². The Balaban J connectivity index is 1.91. The van der Waals surface area contributed by atoms with Crippen molar-refractivity contribution in [1.82, 2.24) is 0 Å². The van der Waals surface area contributed by atoms with E-state index < -0.39 is 0 Å². The molecular weight excluding hydrogens is 312 g/mol. The monoisotopic (exact) mass is 324 g/mol. The summed E-state index contributed by atoms with van der Waals surface area (Å²) in [6, 6.07) is 16.2. The van der Waals surface area contributed by atoms with E-state index in [1.807, 2.05) is 36.4 Å². The Hall–Kier alpha value is -0.990. The summed E-state index contributed by atoms with van der Waals surface area (Å²) in [5.74, 6) is 1.35. The van der Waals surface area contributed by atoms with Crippen LogP contribution in [0.3, 0.4) is 0 Å². The van der Waals surface area contributed by atoms with Crippen LogP contribution in [0.4, 0.5) is 0 Å². The second-order valence-electron chi connectivity index (χ2n) is 3.97. The van der Waals surface area contributed by atoms with Gasteiger partial charge in [-0.1, -0.05) is 46.3 Å². The summed E-state index contributed by atoms with van der Waals surface area (Å²) in [7, 11) is 0. The lowest BCUT2D eigenvalue weighted by atomic mass is 10.2. The van der Waals surface area contributed by atoms with E-state index in [9.17, 15) is 0 Å². The summed E-state index contributed by atoms with van der Waals surface area (Å²) in [4.78, 5) is 0. The van der Waals surface area contributed by atoms with Crippen LogP contribution in [0.2, 0.25) is 0 Å². The molecule has 1 nitrogen and oxygen atoms in total. The summed E-state index contributed by atoms with van der Waals surface area (Å²) < 4.78 is 6.75. The van der Waals surface area contributed by atoms with Gasteiger partial charge in [-0.3, -0.25) is 0 Å². The normalized spacial score (nSPS) is 10.3. The quantitative estimate of drug-likeness (QED) is 0.717. The van der Waals surface area contributed by atoms with Crippen LogP contribution in [-0.2, 0) is 12.3 Å². The fraction of sp³-hybridized carbons (Fsp3) is 0.200. The first-order chi connectivity index (χ1) is 8.79. The number of hydrogen-bond donors (Lipinski definition) is 0. The molecule has 0 radical (unpaired) electrons. The van der Waals surface area contributed by atoms with Crippen molar-refractivity contribution in [2.75, 3.05) is 6.61 Å². The molecule has 0 amide bonds. The maximum Gasteiger partial charge on any atom is 0.119 e. The third kappa shape index (κ3) is 3.76. The van der Waals surface area contributed by atoms with Gasteiger partial charge in [0.05, 0.1) is 6.61 Å². The maximum absolute atomic E-state index is 5.85. The molecule has 0 heterocycles. The third-order valence-corrected chi connectivity index (χ3v) is 3.72. The van der Waals surface area contributed by atoms with Gasteiger partial charge in [0.1, 0.15) is 5.75 Å². The molecule has 0 N–H and O–H groups in total. The molecule has 0 atom stereocenters. The average molecular weight is 326 g/mol. The molecule has 3 heteroatoms. The van der Waals surface area contributed by atoms with Crippen molar-refractivity contribution in [3.8, 4) is 5.75 Å². The Morgan fingerprint density at radius 1 is 1.06 bits per heavy atom. The van der Waals surface area contributed by atoms with Gasteiger partial charge >= 0.3 is 0 Å². The SMILES string of the molecule is ClCc1cc(OCCc2ccccc2)ccc1Br. The molecule has 2 aromatic carbocycles.